The summed E-state index contributed by atoms with van der Waals surface area (Å²) in [6.45, 7) is 2.08. The van der Waals surface area contributed by atoms with Gasteiger partial charge in [-0.15, -0.1) is 0 Å². The predicted molar refractivity (Wildman–Crippen MR) is 70.4 cm³/mol. The van der Waals surface area contributed by atoms with Crippen molar-refractivity contribution in [3.05, 3.63) is 59.2 Å². The van der Waals surface area contributed by atoms with Crippen molar-refractivity contribution in [2.45, 2.75) is 19.3 Å². The van der Waals surface area contributed by atoms with Crippen molar-refractivity contribution in [3.63, 3.8) is 0 Å². The summed E-state index contributed by atoms with van der Waals surface area (Å²) < 4.78 is 5.03. The quantitative estimate of drug-likeness (QED) is 0.705. The minimum Gasteiger partial charge on any atom is -0.468 e. The molecule has 0 radical (unpaired) electrons. The minimum atomic E-state index is -0.528. The summed E-state index contributed by atoms with van der Waals surface area (Å²) >= 11 is 0. The molecule has 0 aromatic heterocycles. The van der Waals surface area contributed by atoms with Crippen LogP contribution in [-0.2, 0) is 16.0 Å². The van der Waals surface area contributed by atoms with Crippen LogP contribution in [0, 0.1) is 12.3 Å². The number of carbonyl (C=O) groups is 1. The number of benzene rings is 1. The molecule has 2 heteroatoms. The van der Waals surface area contributed by atoms with Crippen molar-refractivity contribution in [3.8, 4) is 0 Å². The molecule has 0 aliphatic heterocycles. The Morgan fingerprint density at radius 3 is 3.00 bits per heavy atom. The van der Waals surface area contributed by atoms with Crippen LogP contribution in [0.15, 0.2) is 42.5 Å². The van der Waals surface area contributed by atoms with Gasteiger partial charge in [0.15, 0.2) is 0 Å². The van der Waals surface area contributed by atoms with Crippen LogP contribution in [0.25, 0.3) is 0 Å². The Balaban J connectivity index is 2.15. The van der Waals surface area contributed by atoms with Crippen molar-refractivity contribution in [2.75, 3.05) is 7.11 Å². The predicted octanol–water partition coefficient (Wildman–Crippen LogP) is 2.92. The van der Waals surface area contributed by atoms with Gasteiger partial charge in [-0.25, -0.2) is 0 Å². The fourth-order valence-electron chi connectivity index (χ4n) is 3.19. The van der Waals surface area contributed by atoms with Crippen LogP contribution >= 0.6 is 0 Å². The standard InChI is InChI=1S/C16H16O2/c1-11-6-7-13-12(9-11)10-16(15(17)18-2)8-4-3-5-14(13)16/h3-9,14H,10H2,1-2H3/t14-,16-/m0/s1. The molecule has 2 aliphatic carbocycles. The van der Waals surface area contributed by atoms with E-state index in [4.69, 9.17) is 4.74 Å². The van der Waals surface area contributed by atoms with Gasteiger partial charge in [0.1, 0.15) is 5.41 Å². The molecule has 0 fully saturated rings. The molecule has 0 bridgehead atoms. The normalized spacial score (nSPS) is 27.8. The Bertz CT molecular complexity index is 568. The number of rotatable bonds is 1. The number of carbonyl (C=O) groups excluding carboxylic acids is 1. The van der Waals surface area contributed by atoms with E-state index in [0.29, 0.717) is 0 Å². The van der Waals surface area contributed by atoms with E-state index in [1.807, 2.05) is 18.2 Å². The average Bonchev–Trinajstić information content (AvgIpc) is 2.72. The van der Waals surface area contributed by atoms with E-state index in [0.717, 1.165) is 6.42 Å². The summed E-state index contributed by atoms with van der Waals surface area (Å²) in [7, 11) is 1.47. The average molecular weight is 240 g/mol. The summed E-state index contributed by atoms with van der Waals surface area (Å²) in [4.78, 5) is 12.2. The lowest BCUT2D eigenvalue weighted by Crippen LogP contribution is -2.34. The Morgan fingerprint density at radius 1 is 1.39 bits per heavy atom. The van der Waals surface area contributed by atoms with E-state index in [1.165, 1.54) is 23.8 Å². The van der Waals surface area contributed by atoms with E-state index >= 15 is 0 Å². The molecule has 1 aromatic rings. The summed E-state index contributed by atoms with van der Waals surface area (Å²) in [5.41, 5.74) is 3.23. The zero-order valence-electron chi connectivity index (χ0n) is 10.6. The topological polar surface area (TPSA) is 26.3 Å². The number of hydrogen-bond acceptors (Lipinski definition) is 2. The van der Waals surface area contributed by atoms with Gasteiger partial charge in [0.05, 0.1) is 7.11 Å². The SMILES string of the molecule is COC(=O)[C@]12C=CC=C[C@H]1c1ccc(C)cc1C2. The molecule has 0 saturated heterocycles. The maximum Gasteiger partial charge on any atom is 0.316 e. The molecule has 0 N–H and O–H groups in total. The second-order valence-corrected chi connectivity index (χ2v) is 5.13. The third kappa shape index (κ3) is 1.38. The van der Waals surface area contributed by atoms with Crippen molar-refractivity contribution in [1.82, 2.24) is 0 Å². The van der Waals surface area contributed by atoms with Gasteiger partial charge in [-0.3, -0.25) is 4.79 Å². The van der Waals surface area contributed by atoms with Crippen molar-refractivity contribution >= 4 is 5.97 Å². The zero-order valence-corrected chi connectivity index (χ0v) is 10.6. The first kappa shape index (κ1) is 11.3. The highest BCUT2D eigenvalue weighted by Gasteiger charge is 2.50. The summed E-state index contributed by atoms with van der Waals surface area (Å²) in [5.74, 6) is -0.0208. The van der Waals surface area contributed by atoms with Crippen LogP contribution in [-0.4, -0.2) is 13.1 Å². The lowest BCUT2D eigenvalue weighted by molar-refractivity contribution is -0.150. The number of esters is 1. The molecule has 2 atom stereocenters. The fraction of sp³-hybridized carbons (Fsp3) is 0.312. The molecule has 0 spiro atoms. The van der Waals surface area contributed by atoms with Gasteiger partial charge >= 0.3 is 5.97 Å². The molecule has 0 unspecified atom stereocenters. The number of methoxy groups -OCH3 is 1. The van der Waals surface area contributed by atoms with Gasteiger partial charge in [0.2, 0.25) is 0 Å². The third-order valence-corrected chi connectivity index (χ3v) is 4.05. The lowest BCUT2D eigenvalue weighted by atomic mass is 9.73. The molecule has 3 rings (SSSR count). The molecule has 18 heavy (non-hydrogen) atoms. The fourth-order valence-corrected chi connectivity index (χ4v) is 3.19. The maximum absolute atomic E-state index is 12.2. The first-order valence-corrected chi connectivity index (χ1v) is 6.21. The Kier molecular flexibility index (Phi) is 2.40. The monoisotopic (exact) mass is 240 g/mol. The summed E-state index contributed by atoms with van der Waals surface area (Å²) in [6.07, 6.45) is 8.81. The molecule has 0 amide bonds. The molecular weight excluding hydrogens is 224 g/mol. The minimum absolute atomic E-state index is 0.116. The second-order valence-electron chi connectivity index (χ2n) is 5.13. The van der Waals surface area contributed by atoms with Crippen molar-refractivity contribution < 1.29 is 9.53 Å². The van der Waals surface area contributed by atoms with Crippen LogP contribution < -0.4 is 0 Å². The van der Waals surface area contributed by atoms with Crippen LogP contribution in [0.4, 0.5) is 0 Å². The molecular formula is C16H16O2. The van der Waals surface area contributed by atoms with E-state index in [9.17, 15) is 4.79 Å². The van der Waals surface area contributed by atoms with E-state index < -0.39 is 5.41 Å². The molecule has 1 aromatic carbocycles. The molecule has 0 saturated carbocycles. The van der Waals surface area contributed by atoms with E-state index in [-0.39, 0.29) is 11.9 Å². The summed E-state index contributed by atoms with van der Waals surface area (Å²) in [6, 6.07) is 6.43. The van der Waals surface area contributed by atoms with Crippen LogP contribution in [0.5, 0.6) is 0 Å². The Labute approximate surface area is 107 Å². The highest BCUT2D eigenvalue weighted by atomic mass is 16.5. The zero-order chi connectivity index (χ0) is 12.8. The number of hydrogen-bond donors (Lipinski definition) is 0. The highest BCUT2D eigenvalue weighted by molar-refractivity contribution is 5.84. The number of allylic oxidation sites excluding steroid dienone is 3. The number of aryl methyl sites for hydroxylation is 1. The van der Waals surface area contributed by atoms with Gasteiger partial charge in [-0.05, 0) is 24.5 Å². The largest absolute Gasteiger partial charge is 0.468 e. The van der Waals surface area contributed by atoms with E-state index in [1.54, 1.807) is 0 Å². The number of ether oxygens (including phenoxy) is 1. The molecule has 2 aliphatic rings. The van der Waals surface area contributed by atoms with Gasteiger partial charge in [-0.1, -0.05) is 48.1 Å². The highest BCUT2D eigenvalue weighted by Crippen LogP contribution is 2.51. The second kappa shape index (κ2) is 3.84. The number of fused-ring (bicyclic) bond motifs is 3. The van der Waals surface area contributed by atoms with Gasteiger partial charge < -0.3 is 4.74 Å². The third-order valence-electron chi connectivity index (χ3n) is 4.05. The molecule has 0 heterocycles. The Morgan fingerprint density at radius 2 is 2.22 bits per heavy atom. The Hall–Kier alpha value is -1.83. The van der Waals surface area contributed by atoms with Crippen molar-refractivity contribution in [2.24, 2.45) is 5.41 Å². The maximum atomic E-state index is 12.2. The van der Waals surface area contributed by atoms with Gasteiger partial charge in [-0.2, -0.15) is 0 Å². The van der Waals surface area contributed by atoms with Crippen LogP contribution in [0.2, 0.25) is 0 Å². The summed E-state index contributed by atoms with van der Waals surface area (Å²) in [5, 5.41) is 0. The molecule has 92 valence electrons. The van der Waals surface area contributed by atoms with Gasteiger partial charge in [0, 0.05) is 5.92 Å². The molecule has 2 nitrogen and oxygen atoms in total. The van der Waals surface area contributed by atoms with Gasteiger partial charge in [0.25, 0.3) is 0 Å². The first-order chi connectivity index (χ1) is 8.67. The smallest absolute Gasteiger partial charge is 0.316 e. The van der Waals surface area contributed by atoms with Crippen molar-refractivity contribution in [1.29, 1.82) is 0 Å². The van der Waals surface area contributed by atoms with Crippen LogP contribution in [0.3, 0.4) is 0 Å². The van der Waals surface area contributed by atoms with Crippen LogP contribution in [0.1, 0.15) is 22.6 Å². The lowest BCUT2D eigenvalue weighted by Gasteiger charge is -2.30. The van der Waals surface area contributed by atoms with E-state index in [2.05, 4.69) is 31.2 Å². The first-order valence-electron chi connectivity index (χ1n) is 6.21.